The van der Waals surface area contributed by atoms with Gasteiger partial charge in [-0.2, -0.15) is 0 Å². The molecule has 128 valence electrons. The molecular weight excluding hydrogens is 330 g/mol. The van der Waals surface area contributed by atoms with Gasteiger partial charge in [0.05, 0.1) is 5.02 Å². The van der Waals surface area contributed by atoms with Crippen LogP contribution in [0.1, 0.15) is 40.0 Å². The van der Waals surface area contributed by atoms with Gasteiger partial charge in [0.2, 0.25) is 17.7 Å². The first kappa shape index (κ1) is 16.9. The highest BCUT2D eigenvalue weighted by atomic mass is 35.5. The number of piperidine rings is 1. The summed E-state index contributed by atoms with van der Waals surface area (Å²) in [6.45, 7) is 5.44. The molecular formula is C17H20ClN3O3. The fourth-order valence-corrected chi connectivity index (χ4v) is 4.49. The second-order valence-corrected chi connectivity index (χ2v) is 8.25. The molecule has 6 nitrogen and oxygen atoms in total. The van der Waals surface area contributed by atoms with Gasteiger partial charge in [-0.1, -0.05) is 32.4 Å². The summed E-state index contributed by atoms with van der Waals surface area (Å²) in [6.07, 6.45) is 2.68. The molecule has 2 N–H and O–H groups in total. The second-order valence-electron chi connectivity index (χ2n) is 7.81. The second kappa shape index (κ2) is 5.28. The predicted molar refractivity (Wildman–Crippen MR) is 89.2 cm³/mol. The number of hydrogen-bond donors (Lipinski definition) is 2. The van der Waals surface area contributed by atoms with Gasteiger partial charge in [-0.05, 0) is 31.4 Å². The third-order valence-electron chi connectivity index (χ3n) is 5.18. The van der Waals surface area contributed by atoms with E-state index in [0.29, 0.717) is 30.1 Å². The number of aromatic nitrogens is 1. The van der Waals surface area contributed by atoms with E-state index in [-0.39, 0.29) is 17.7 Å². The van der Waals surface area contributed by atoms with E-state index in [0.717, 1.165) is 0 Å². The summed E-state index contributed by atoms with van der Waals surface area (Å²) >= 11 is 5.80. The summed E-state index contributed by atoms with van der Waals surface area (Å²) in [5.41, 5.74) is -2.31. The molecule has 3 rings (SSSR count). The van der Waals surface area contributed by atoms with Crippen molar-refractivity contribution in [1.29, 1.82) is 0 Å². The van der Waals surface area contributed by atoms with Gasteiger partial charge in [-0.25, -0.2) is 4.98 Å². The standard InChI is InChI=1S/C17H20ClN3O3/c1-15(12(22)20-11-5-4-10(18)6-19-11)7-16(2)9-17(3,8-15)14(24)21-13(16)23/h4-6H,7-9H2,1-3H3,(H,19,20,22)(H,21,23,24). The highest BCUT2D eigenvalue weighted by molar-refractivity contribution is 6.30. The van der Waals surface area contributed by atoms with Crippen LogP contribution in [0, 0.1) is 16.2 Å². The van der Waals surface area contributed by atoms with Crippen LogP contribution >= 0.6 is 11.6 Å². The van der Waals surface area contributed by atoms with Crippen molar-refractivity contribution in [2.24, 2.45) is 16.2 Å². The van der Waals surface area contributed by atoms with E-state index in [4.69, 9.17) is 11.6 Å². The van der Waals surface area contributed by atoms with Crippen molar-refractivity contribution < 1.29 is 14.4 Å². The van der Waals surface area contributed by atoms with E-state index in [2.05, 4.69) is 15.6 Å². The van der Waals surface area contributed by atoms with E-state index in [1.165, 1.54) is 6.20 Å². The third-order valence-corrected chi connectivity index (χ3v) is 5.41. The summed E-state index contributed by atoms with van der Waals surface area (Å²) in [4.78, 5) is 41.5. The lowest BCUT2D eigenvalue weighted by molar-refractivity contribution is -0.163. The summed E-state index contributed by atoms with van der Waals surface area (Å²) in [5.74, 6) is -0.439. The fraction of sp³-hybridized carbons (Fsp3) is 0.529. The lowest BCUT2D eigenvalue weighted by Crippen LogP contribution is -2.63. The first-order chi connectivity index (χ1) is 11.1. The Labute approximate surface area is 145 Å². The smallest absolute Gasteiger partial charge is 0.232 e. The molecule has 7 heteroatoms. The van der Waals surface area contributed by atoms with Crippen LogP contribution in [-0.4, -0.2) is 22.7 Å². The molecule has 1 aliphatic carbocycles. The van der Waals surface area contributed by atoms with E-state index in [1.54, 1.807) is 19.1 Å². The third kappa shape index (κ3) is 2.69. The normalized spacial score (nSPS) is 35.3. The Bertz CT molecular complexity index is 705. The maximum Gasteiger partial charge on any atom is 0.232 e. The Morgan fingerprint density at radius 3 is 2.21 bits per heavy atom. The molecule has 0 spiro atoms. The lowest BCUT2D eigenvalue weighted by Gasteiger charge is -2.53. The van der Waals surface area contributed by atoms with Gasteiger partial charge < -0.3 is 5.32 Å². The van der Waals surface area contributed by atoms with Crippen LogP contribution in [0.5, 0.6) is 0 Å². The Hall–Kier alpha value is -1.95. The Kier molecular flexibility index (Phi) is 3.71. The molecule has 1 aromatic rings. The molecule has 2 unspecified atom stereocenters. The summed E-state index contributed by atoms with van der Waals surface area (Å²) in [5, 5.41) is 5.72. The number of nitrogens with one attached hydrogen (secondary N) is 2. The Morgan fingerprint density at radius 1 is 1.12 bits per heavy atom. The summed E-state index contributed by atoms with van der Waals surface area (Å²) in [7, 11) is 0. The molecule has 1 aromatic heterocycles. The zero-order valence-corrected chi connectivity index (χ0v) is 14.7. The average molecular weight is 350 g/mol. The quantitative estimate of drug-likeness (QED) is 0.803. The molecule has 1 saturated carbocycles. The number of imide groups is 1. The van der Waals surface area contributed by atoms with Crippen molar-refractivity contribution in [2.45, 2.75) is 40.0 Å². The van der Waals surface area contributed by atoms with Crippen LogP contribution < -0.4 is 10.6 Å². The van der Waals surface area contributed by atoms with E-state index >= 15 is 0 Å². The van der Waals surface area contributed by atoms with Crippen molar-refractivity contribution >= 4 is 35.1 Å². The number of fused-ring (bicyclic) bond motifs is 2. The van der Waals surface area contributed by atoms with Crippen molar-refractivity contribution in [1.82, 2.24) is 10.3 Å². The van der Waals surface area contributed by atoms with Crippen LogP contribution in [0.2, 0.25) is 5.02 Å². The fourth-order valence-electron chi connectivity index (χ4n) is 4.37. The van der Waals surface area contributed by atoms with Crippen LogP contribution in [0.4, 0.5) is 5.82 Å². The lowest BCUT2D eigenvalue weighted by atomic mass is 9.52. The van der Waals surface area contributed by atoms with E-state index in [9.17, 15) is 14.4 Å². The molecule has 0 aromatic carbocycles. The molecule has 3 amide bonds. The van der Waals surface area contributed by atoms with Crippen LogP contribution in [0.15, 0.2) is 18.3 Å². The van der Waals surface area contributed by atoms with Crippen molar-refractivity contribution in [3.8, 4) is 0 Å². The zero-order chi connectivity index (χ0) is 17.8. The zero-order valence-electron chi connectivity index (χ0n) is 13.9. The van der Waals surface area contributed by atoms with Crippen LogP contribution in [-0.2, 0) is 14.4 Å². The predicted octanol–water partition coefficient (Wildman–Crippen LogP) is 2.53. The number of anilines is 1. The van der Waals surface area contributed by atoms with Crippen LogP contribution in [0.3, 0.4) is 0 Å². The van der Waals surface area contributed by atoms with Gasteiger partial charge in [-0.3, -0.25) is 19.7 Å². The van der Waals surface area contributed by atoms with Crippen molar-refractivity contribution in [3.05, 3.63) is 23.4 Å². The van der Waals surface area contributed by atoms with Crippen LogP contribution in [0.25, 0.3) is 0 Å². The highest BCUT2D eigenvalue weighted by Gasteiger charge is 2.60. The number of halogens is 1. The first-order valence-corrected chi connectivity index (χ1v) is 8.23. The van der Waals surface area contributed by atoms with Crippen molar-refractivity contribution in [3.63, 3.8) is 0 Å². The van der Waals surface area contributed by atoms with Gasteiger partial charge >= 0.3 is 0 Å². The number of hydrogen-bond acceptors (Lipinski definition) is 4. The molecule has 2 atom stereocenters. The summed E-state index contributed by atoms with van der Waals surface area (Å²) in [6, 6.07) is 3.26. The van der Waals surface area contributed by atoms with Gasteiger partial charge in [0, 0.05) is 22.4 Å². The van der Waals surface area contributed by atoms with E-state index in [1.807, 2.05) is 13.8 Å². The minimum atomic E-state index is -0.837. The van der Waals surface area contributed by atoms with Crippen molar-refractivity contribution in [2.75, 3.05) is 5.32 Å². The Balaban J connectivity index is 1.89. The minimum absolute atomic E-state index is 0.239. The molecule has 1 aliphatic heterocycles. The van der Waals surface area contributed by atoms with Gasteiger partial charge in [0.25, 0.3) is 0 Å². The molecule has 2 bridgehead atoms. The topological polar surface area (TPSA) is 88.2 Å². The molecule has 2 heterocycles. The molecule has 2 aliphatic rings. The molecule has 0 radical (unpaired) electrons. The largest absolute Gasteiger partial charge is 0.310 e. The van der Waals surface area contributed by atoms with Gasteiger partial charge in [0.1, 0.15) is 5.82 Å². The summed E-state index contributed by atoms with van der Waals surface area (Å²) < 4.78 is 0. The monoisotopic (exact) mass is 349 g/mol. The number of amides is 3. The first-order valence-electron chi connectivity index (χ1n) is 7.85. The molecule has 2 fully saturated rings. The SMILES string of the molecule is CC12CC(C)(CC(C)(C(=O)Nc3ccc(Cl)cn3)C1)C(=O)NC2=O. The average Bonchev–Trinajstić information content (AvgIpc) is 2.47. The van der Waals surface area contributed by atoms with Gasteiger partial charge in [-0.15, -0.1) is 0 Å². The van der Waals surface area contributed by atoms with Gasteiger partial charge in [0.15, 0.2) is 0 Å². The maximum absolute atomic E-state index is 12.9. The Morgan fingerprint density at radius 2 is 1.71 bits per heavy atom. The minimum Gasteiger partial charge on any atom is -0.310 e. The number of rotatable bonds is 2. The number of nitrogens with zero attached hydrogens (tertiary/aromatic N) is 1. The number of pyridine rings is 1. The number of carbonyl (C=O) groups excluding carboxylic acids is 3. The molecule has 1 saturated heterocycles. The van der Waals surface area contributed by atoms with E-state index < -0.39 is 16.2 Å². The highest BCUT2D eigenvalue weighted by Crippen LogP contribution is 2.56. The molecule has 24 heavy (non-hydrogen) atoms. The number of carbonyl (C=O) groups is 3. The maximum atomic E-state index is 12.9.